The summed E-state index contributed by atoms with van der Waals surface area (Å²) in [7, 11) is 0. The van der Waals surface area contributed by atoms with Gasteiger partial charge in [-0.2, -0.15) is 0 Å². The van der Waals surface area contributed by atoms with Gasteiger partial charge in [0, 0.05) is 6.54 Å². The second kappa shape index (κ2) is 3.67. The monoisotopic (exact) mass is 191 g/mol. The third-order valence-corrected chi connectivity index (χ3v) is 2.00. The molecule has 14 heavy (non-hydrogen) atoms. The molecule has 0 bridgehead atoms. The number of para-hydroxylation sites is 2. The van der Waals surface area contributed by atoms with Crippen molar-refractivity contribution < 1.29 is 4.39 Å². The summed E-state index contributed by atoms with van der Waals surface area (Å²) >= 11 is 0. The Kier molecular flexibility index (Phi) is 2.37. The molecule has 3 nitrogen and oxygen atoms in total. The molecule has 0 saturated carbocycles. The molecule has 0 amide bonds. The summed E-state index contributed by atoms with van der Waals surface area (Å²) < 4.78 is 13.2. The van der Waals surface area contributed by atoms with Gasteiger partial charge in [0.25, 0.3) is 0 Å². The van der Waals surface area contributed by atoms with E-state index < -0.39 is 6.17 Å². The van der Waals surface area contributed by atoms with Crippen LogP contribution in [0.2, 0.25) is 0 Å². The minimum absolute atomic E-state index is 0.0625. The lowest BCUT2D eigenvalue weighted by molar-refractivity contribution is 0.345. The van der Waals surface area contributed by atoms with E-state index >= 15 is 0 Å². The van der Waals surface area contributed by atoms with E-state index in [0.29, 0.717) is 11.2 Å². The third-order valence-electron chi connectivity index (χ3n) is 2.00. The van der Waals surface area contributed by atoms with Gasteiger partial charge in [0.05, 0.1) is 22.9 Å². The summed E-state index contributed by atoms with van der Waals surface area (Å²) in [5, 5.41) is 0. The molecule has 0 aliphatic carbocycles. The van der Waals surface area contributed by atoms with E-state index in [1.54, 1.807) is 6.07 Å². The molecular formula is C10H10FN3. The lowest BCUT2D eigenvalue weighted by Gasteiger charge is -2.04. The second-order valence-corrected chi connectivity index (χ2v) is 2.99. The number of fused-ring (bicyclic) bond motifs is 1. The summed E-state index contributed by atoms with van der Waals surface area (Å²) in [6, 6.07) is 7.35. The highest BCUT2D eigenvalue weighted by molar-refractivity contribution is 5.73. The standard InChI is InChI=1S/C10H10FN3/c11-7(5-12)10-6-13-8-3-1-2-4-9(8)14-10/h1-4,6-7H,5,12H2. The largest absolute Gasteiger partial charge is 0.327 e. The highest BCUT2D eigenvalue weighted by Gasteiger charge is 2.09. The number of rotatable bonds is 2. The molecule has 2 N–H and O–H groups in total. The van der Waals surface area contributed by atoms with Crippen molar-refractivity contribution in [1.82, 2.24) is 9.97 Å². The molecule has 1 atom stereocenters. The van der Waals surface area contributed by atoms with Crippen LogP contribution in [-0.4, -0.2) is 16.5 Å². The maximum Gasteiger partial charge on any atom is 0.156 e. The predicted molar refractivity (Wildman–Crippen MR) is 52.4 cm³/mol. The highest BCUT2D eigenvalue weighted by atomic mass is 19.1. The Labute approximate surface area is 80.8 Å². The molecule has 2 aromatic rings. The summed E-state index contributed by atoms with van der Waals surface area (Å²) in [5.74, 6) is 0. The average Bonchev–Trinajstić information content (AvgIpc) is 2.27. The molecule has 0 radical (unpaired) electrons. The molecule has 1 aromatic carbocycles. The smallest absolute Gasteiger partial charge is 0.156 e. The lowest BCUT2D eigenvalue weighted by atomic mass is 10.2. The number of hydrogen-bond acceptors (Lipinski definition) is 3. The van der Waals surface area contributed by atoms with E-state index in [1.165, 1.54) is 6.20 Å². The Morgan fingerprint density at radius 3 is 2.71 bits per heavy atom. The fraction of sp³-hybridized carbons (Fsp3) is 0.200. The molecule has 0 spiro atoms. The van der Waals surface area contributed by atoms with E-state index in [1.807, 2.05) is 18.2 Å². The van der Waals surface area contributed by atoms with Crippen molar-refractivity contribution in [1.29, 1.82) is 0 Å². The van der Waals surface area contributed by atoms with Gasteiger partial charge < -0.3 is 5.73 Å². The summed E-state index contributed by atoms with van der Waals surface area (Å²) in [6.45, 7) is -0.0625. The van der Waals surface area contributed by atoms with Crippen LogP contribution in [0.25, 0.3) is 11.0 Å². The zero-order valence-electron chi connectivity index (χ0n) is 7.52. The molecule has 0 aliphatic heterocycles. The Morgan fingerprint density at radius 1 is 1.29 bits per heavy atom. The highest BCUT2D eigenvalue weighted by Crippen LogP contribution is 2.15. The molecule has 72 valence electrons. The number of alkyl halides is 1. The second-order valence-electron chi connectivity index (χ2n) is 2.99. The SMILES string of the molecule is NCC(F)c1cnc2ccccc2n1. The van der Waals surface area contributed by atoms with Gasteiger partial charge in [0.15, 0.2) is 6.17 Å². The van der Waals surface area contributed by atoms with E-state index in [-0.39, 0.29) is 6.54 Å². The number of benzene rings is 1. The van der Waals surface area contributed by atoms with E-state index in [9.17, 15) is 4.39 Å². The quantitative estimate of drug-likeness (QED) is 0.784. The van der Waals surface area contributed by atoms with Crippen molar-refractivity contribution in [2.45, 2.75) is 6.17 Å². The van der Waals surface area contributed by atoms with Crippen LogP contribution >= 0.6 is 0 Å². The Bertz CT molecular complexity index is 444. The molecule has 2 rings (SSSR count). The topological polar surface area (TPSA) is 51.8 Å². The first-order chi connectivity index (χ1) is 6.81. The van der Waals surface area contributed by atoms with Gasteiger partial charge in [-0.15, -0.1) is 0 Å². The third kappa shape index (κ3) is 1.56. The van der Waals surface area contributed by atoms with Gasteiger partial charge >= 0.3 is 0 Å². The first-order valence-corrected chi connectivity index (χ1v) is 4.37. The van der Waals surface area contributed by atoms with Gasteiger partial charge in [-0.3, -0.25) is 4.98 Å². The number of aromatic nitrogens is 2. The summed E-state index contributed by atoms with van der Waals surface area (Å²) in [5.41, 5.74) is 6.96. The van der Waals surface area contributed by atoms with Crippen LogP contribution in [0.1, 0.15) is 11.9 Å². The molecule has 1 heterocycles. The lowest BCUT2D eigenvalue weighted by Crippen LogP contribution is -2.09. The van der Waals surface area contributed by atoms with Gasteiger partial charge in [0.1, 0.15) is 0 Å². The van der Waals surface area contributed by atoms with Crippen LogP contribution in [-0.2, 0) is 0 Å². The van der Waals surface area contributed by atoms with Crippen molar-refractivity contribution in [3.8, 4) is 0 Å². The summed E-state index contributed by atoms with van der Waals surface area (Å²) in [4.78, 5) is 8.22. The van der Waals surface area contributed by atoms with Crippen LogP contribution < -0.4 is 5.73 Å². The Balaban J connectivity index is 2.51. The fourth-order valence-corrected chi connectivity index (χ4v) is 1.24. The Morgan fingerprint density at radius 2 is 2.00 bits per heavy atom. The van der Waals surface area contributed by atoms with Gasteiger partial charge in [-0.1, -0.05) is 12.1 Å². The van der Waals surface area contributed by atoms with Crippen molar-refractivity contribution >= 4 is 11.0 Å². The predicted octanol–water partition coefficient (Wildman–Crippen LogP) is 1.60. The van der Waals surface area contributed by atoms with E-state index in [2.05, 4.69) is 9.97 Å². The van der Waals surface area contributed by atoms with Gasteiger partial charge in [0.2, 0.25) is 0 Å². The Hall–Kier alpha value is -1.55. The summed E-state index contributed by atoms with van der Waals surface area (Å²) in [6.07, 6.45) is 0.201. The van der Waals surface area contributed by atoms with Crippen molar-refractivity contribution in [3.05, 3.63) is 36.2 Å². The zero-order valence-corrected chi connectivity index (χ0v) is 7.52. The van der Waals surface area contributed by atoms with Gasteiger partial charge in [-0.05, 0) is 12.1 Å². The minimum Gasteiger partial charge on any atom is -0.327 e. The maximum atomic E-state index is 13.2. The van der Waals surface area contributed by atoms with Crippen LogP contribution in [0.5, 0.6) is 0 Å². The zero-order chi connectivity index (χ0) is 9.97. The van der Waals surface area contributed by atoms with Crippen molar-refractivity contribution in [2.75, 3.05) is 6.54 Å². The molecule has 0 saturated heterocycles. The van der Waals surface area contributed by atoms with Crippen molar-refractivity contribution in [3.63, 3.8) is 0 Å². The maximum absolute atomic E-state index is 13.2. The molecule has 4 heteroatoms. The van der Waals surface area contributed by atoms with Crippen LogP contribution in [0.3, 0.4) is 0 Å². The number of halogens is 1. The minimum atomic E-state index is -1.23. The van der Waals surface area contributed by atoms with Crippen LogP contribution in [0.4, 0.5) is 4.39 Å². The number of hydrogen-bond donors (Lipinski definition) is 1. The van der Waals surface area contributed by atoms with Crippen molar-refractivity contribution in [2.24, 2.45) is 5.73 Å². The van der Waals surface area contributed by atoms with Crippen LogP contribution in [0.15, 0.2) is 30.5 Å². The molecule has 0 aliphatic rings. The molecule has 0 fully saturated rings. The van der Waals surface area contributed by atoms with Crippen LogP contribution in [0, 0.1) is 0 Å². The average molecular weight is 191 g/mol. The van der Waals surface area contributed by atoms with E-state index in [4.69, 9.17) is 5.73 Å². The normalized spacial score (nSPS) is 13.0. The first-order valence-electron chi connectivity index (χ1n) is 4.37. The number of nitrogens with zero attached hydrogens (tertiary/aromatic N) is 2. The van der Waals surface area contributed by atoms with Gasteiger partial charge in [-0.25, -0.2) is 9.37 Å². The number of nitrogens with two attached hydrogens (primary N) is 1. The molecular weight excluding hydrogens is 181 g/mol. The van der Waals surface area contributed by atoms with E-state index in [0.717, 1.165) is 5.52 Å². The molecule has 1 unspecified atom stereocenters. The first kappa shape index (κ1) is 9.02. The molecule has 1 aromatic heterocycles. The fourth-order valence-electron chi connectivity index (χ4n) is 1.24.